The van der Waals surface area contributed by atoms with Crippen LogP contribution in [0.3, 0.4) is 0 Å². The third-order valence-electron chi connectivity index (χ3n) is 2.85. The highest BCUT2D eigenvalue weighted by atomic mass is 32.2. The second-order valence-electron chi connectivity index (χ2n) is 6.27. The van der Waals surface area contributed by atoms with Crippen molar-refractivity contribution < 1.29 is 19.4 Å². The van der Waals surface area contributed by atoms with Crippen LogP contribution in [0.4, 0.5) is 4.79 Å². The zero-order valence-electron chi connectivity index (χ0n) is 13.4. The summed E-state index contributed by atoms with van der Waals surface area (Å²) in [6.07, 6.45) is -0.500. The number of hydrogen-bond donors (Lipinski definition) is 2. The molecular formula is C14H19N3O4S2. The number of thiazole rings is 1. The average Bonchev–Trinajstić information content (AvgIpc) is 3.01. The first-order valence-corrected chi connectivity index (χ1v) is 8.83. The molecule has 126 valence electrons. The fraction of sp³-hybridized carbons (Fsp3) is 0.571. The van der Waals surface area contributed by atoms with Crippen LogP contribution in [-0.2, 0) is 16.1 Å². The van der Waals surface area contributed by atoms with E-state index in [4.69, 9.17) is 4.74 Å². The molecule has 1 atom stereocenters. The van der Waals surface area contributed by atoms with Crippen molar-refractivity contribution in [2.75, 3.05) is 5.75 Å². The van der Waals surface area contributed by atoms with Crippen LogP contribution in [0.2, 0.25) is 0 Å². The van der Waals surface area contributed by atoms with Crippen molar-refractivity contribution in [2.24, 2.45) is 4.99 Å². The van der Waals surface area contributed by atoms with Crippen LogP contribution in [-0.4, -0.2) is 44.1 Å². The second-order valence-corrected chi connectivity index (χ2v) is 8.17. The number of hydrogen-bond acceptors (Lipinski definition) is 7. The van der Waals surface area contributed by atoms with Crippen molar-refractivity contribution in [3.63, 3.8) is 0 Å². The molecule has 9 heteroatoms. The molecule has 2 rings (SSSR count). The van der Waals surface area contributed by atoms with Gasteiger partial charge in [-0.05, 0) is 27.7 Å². The number of aromatic nitrogens is 1. The van der Waals surface area contributed by atoms with Crippen molar-refractivity contribution >= 4 is 40.2 Å². The first-order chi connectivity index (χ1) is 10.6. The molecule has 1 aliphatic heterocycles. The quantitative estimate of drug-likeness (QED) is 0.858. The maximum Gasteiger partial charge on any atom is 0.408 e. The summed E-state index contributed by atoms with van der Waals surface area (Å²) < 4.78 is 5.15. The molecule has 0 saturated heterocycles. The van der Waals surface area contributed by atoms with Gasteiger partial charge >= 0.3 is 12.1 Å². The van der Waals surface area contributed by atoms with Crippen LogP contribution < -0.4 is 5.32 Å². The number of carbonyl (C=O) groups excluding carboxylic acids is 1. The first kappa shape index (κ1) is 17.7. The third-order valence-corrected chi connectivity index (χ3v) is 4.98. The molecule has 7 nitrogen and oxygen atoms in total. The molecule has 0 aromatic carbocycles. The van der Waals surface area contributed by atoms with Gasteiger partial charge in [-0.15, -0.1) is 23.1 Å². The third kappa shape index (κ3) is 4.68. The predicted octanol–water partition coefficient (Wildman–Crippen LogP) is 2.50. The summed E-state index contributed by atoms with van der Waals surface area (Å²) in [4.78, 5) is 31.5. The van der Waals surface area contributed by atoms with E-state index in [-0.39, 0.29) is 6.54 Å². The van der Waals surface area contributed by atoms with E-state index >= 15 is 0 Å². The summed E-state index contributed by atoms with van der Waals surface area (Å²) in [6.45, 7) is 7.23. The highest BCUT2D eigenvalue weighted by Gasteiger charge is 2.39. The number of carbonyl (C=O) groups is 2. The molecule has 0 radical (unpaired) electrons. The van der Waals surface area contributed by atoms with Crippen LogP contribution in [0.1, 0.15) is 38.4 Å². The van der Waals surface area contributed by atoms with Gasteiger partial charge in [0, 0.05) is 11.1 Å². The minimum absolute atomic E-state index is 0.258. The molecule has 1 aromatic rings. The van der Waals surface area contributed by atoms with E-state index in [0.717, 1.165) is 0 Å². The number of carboxylic acids is 1. The minimum atomic E-state index is -1.10. The van der Waals surface area contributed by atoms with Crippen LogP contribution in [0.5, 0.6) is 0 Å². The number of rotatable bonds is 4. The summed E-state index contributed by atoms with van der Waals surface area (Å²) in [5, 5.41) is 15.0. The lowest BCUT2D eigenvalue weighted by molar-refractivity contribution is -0.141. The largest absolute Gasteiger partial charge is 0.479 e. The van der Waals surface area contributed by atoms with E-state index in [1.54, 1.807) is 27.7 Å². The summed E-state index contributed by atoms with van der Waals surface area (Å²) in [6, 6.07) is 0. The van der Waals surface area contributed by atoms with Crippen LogP contribution in [0.15, 0.2) is 10.4 Å². The summed E-state index contributed by atoms with van der Waals surface area (Å²) >= 11 is 2.76. The van der Waals surface area contributed by atoms with Gasteiger partial charge in [0.15, 0.2) is 5.54 Å². The van der Waals surface area contributed by atoms with E-state index < -0.39 is 23.2 Å². The van der Waals surface area contributed by atoms with E-state index in [1.807, 2.05) is 5.38 Å². The SMILES string of the molecule is CC(C)(C)OC(=O)NCc1nc(C2=N[C@@](C)(C(=O)O)CS2)cs1. The Morgan fingerprint density at radius 3 is 2.74 bits per heavy atom. The van der Waals surface area contributed by atoms with Crippen molar-refractivity contribution in [3.8, 4) is 0 Å². The maximum atomic E-state index is 11.6. The Kier molecular flexibility index (Phi) is 5.00. The Hall–Kier alpha value is -1.61. The van der Waals surface area contributed by atoms with Gasteiger partial charge in [0.1, 0.15) is 21.3 Å². The van der Waals surface area contributed by atoms with E-state index in [2.05, 4.69) is 15.3 Å². The Labute approximate surface area is 142 Å². The molecule has 1 aromatic heterocycles. The lowest BCUT2D eigenvalue weighted by atomic mass is 10.1. The Bertz CT molecular complexity index is 651. The molecule has 2 heterocycles. The van der Waals surface area contributed by atoms with Gasteiger partial charge in [0.25, 0.3) is 0 Å². The fourth-order valence-corrected chi connectivity index (χ4v) is 3.61. The topological polar surface area (TPSA) is 101 Å². The van der Waals surface area contributed by atoms with Gasteiger partial charge < -0.3 is 15.2 Å². The number of thioether (sulfide) groups is 1. The molecule has 0 fully saturated rings. The molecule has 0 spiro atoms. The number of alkyl carbamates (subject to hydrolysis) is 1. The monoisotopic (exact) mass is 357 g/mol. The molecule has 0 saturated carbocycles. The summed E-state index contributed by atoms with van der Waals surface area (Å²) in [5.74, 6) is -0.553. The number of amides is 1. The maximum absolute atomic E-state index is 11.6. The smallest absolute Gasteiger partial charge is 0.408 e. The van der Waals surface area contributed by atoms with Gasteiger partial charge in [-0.25, -0.2) is 14.6 Å². The number of nitrogens with one attached hydrogen (secondary N) is 1. The molecular weight excluding hydrogens is 338 g/mol. The molecule has 1 aliphatic rings. The number of carboxylic acid groups (broad SMARTS) is 1. The number of aliphatic carboxylic acids is 1. The lowest BCUT2D eigenvalue weighted by Gasteiger charge is -2.19. The van der Waals surface area contributed by atoms with E-state index in [0.29, 0.717) is 21.5 Å². The second kappa shape index (κ2) is 6.48. The Morgan fingerprint density at radius 2 is 2.17 bits per heavy atom. The van der Waals surface area contributed by atoms with Crippen LogP contribution in [0, 0.1) is 0 Å². The van der Waals surface area contributed by atoms with Gasteiger partial charge in [0.2, 0.25) is 0 Å². The highest BCUT2D eigenvalue weighted by molar-refractivity contribution is 8.14. The summed E-state index contributed by atoms with van der Waals surface area (Å²) in [5.41, 5.74) is -1.00. The minimum Gasteiger partial charge on any atom is -0.479 e. The standard InChI is InChI=1S/C14H19N3O4S2/c1-13(2,3)21-12(20)15-5-9-16-8(6-22-9)10-17-14(4,7-23-10)11(18)19/h6H,5,7H2,1-4H3,(H,15,20)(H,18,19)/t14-/m1/s1. The molecule has 0 aliphatic carbocycles. The van der Waals surface area contributed by atoms with Gasteiger partial charge in [-0.3, -0.25) is 4.99 Å². The number of ether oxygens (including phenoxy) is 1. The molecule has 1 amide bonds. The Morgan fingerprint density at radius 1 is 1.48 bits per heavy atom. The lowest BCUT2D eigenvalue weighted by Crippen LogP contribution is -2.33. The molecule has 2 N–H and O–H groups in total. The molecule has 23 heavy (non-hydrogen) atoms. The van der Waals surface area contributed by atoms with Crippen LogP contribution in [0.25, 0.3) is 0 Å². The average molecular weight is 357 g/mol. The zero-order valence-corrected chi connectivity index (χ0v) is 15.0. The van der Waals surface area contributed by atoms with Gasteiger partial charge in [-0.1, -0.05) is 0 Å². The number of nitrogens with zero attached hydrogens (tertiary/aromatic N) is 2. The van der Waals surface area contributed by atoms with Crippen molar-refractivity contribution in [1.29, 1.82) is 0 Å². The molecule has 0 unspecified atom stereocenters. The molecule has 0 bridgehead atoms. The normalized spacial score (nSPS) is 21.0. The van der Waals surface area contributed by atoms with Crippen molar-refractivity contribution in [2.45, 2.75) is 45.4 Å². The zero-order chi connectivity index (χ0) is 17.3. The number of aliphatic imine (C=N–C) groups is 1. The predicted molar refractivity (Wildman–Crippen MR) is 90.2 cm³/mol. The Balaban J connectivity index is 1.97. The van der Waals surface area contributed by atoms with E-state index in [1.165, 1.54) is 23.1 Å². The van der Waals surface area contributed by atoms with E-state index in [9.17, 15) is 14.7 Å². The highest BCUT2D eigenvalue weighted by Crippen LogP contribution is 2.31. The van der Waals surface area contributed by atoms with Crippen molar-refractivity contribution in [1.82, 2.24) is 10.3 Å². The van der Waals surface area contributed by atoms with Gasteiger partial charge in [0.05, 0.1) is 6.54 Å². The fourth-order valence-electron chi connectivity index (χ4n) is 1.69. The first-order valence-electron chi connectivity index (χ1n) is 6.97. The van der Waals surface area contributed by atoms with Gasteiger partial charge in [-0.2, -0.15) is 0 Å². The summed E-state index contributed by atoms with van der Waals surface area (Å²) in [7, 11) is 0. The van der Waals surface area contributed by atoms with Crippen molar-refractivity contribution in [3.05, 3.63) is 16.1 Å². The van der Waals surface area contributed by atoms with Crippen LogP contribution >= 0.6 is 23.1 Å².